The zero-order valence-corrected chi connectivity index (χ0v) is 46.9. The second-order valence-corrected chi connectivity index (χ2v) is 21.9. The highest BCUT2D eigenvalue weighted by atomic mass is 32.1. The predicted molar refractivity (Wildman–Crippen MR) is 292 cm³/mol. The van der Waals surface area contributed by atoms with E-state index in [0.29, 0.717) is 37.5 Å². The largest absolute Gasteiger partial charge is 0.384 e. The number of ether oxygens (including phenoxy) is 2. The van der Waals surface area contributed by atoms with E-state index in [9.17, 15) is 19.2 Å². The predicted octanol–water partition coefficient (Wildman–Crippen LogP) is 7.09. The molecule has 4 atom stereocenters. The van der Waals surface area contributed by atoms with Crippen molar-refractivity contribution in [3.8, 4) is 34.4 Å². The summed E-state index contributed by atoms with van der Waals surface area (Å²) in [4.78, 5) is 75.8. The number of amides is 3. The molecule has 0 bridgehead atoms. The van der Waals surface area contributed by atoms with Crippen molar-refractivity contribution in [2.45, 2.75) is 124 Å². The molecule has 0 saturated carbocycles. The molecule has 2 aliphatic rings. The van der Waals surface area contributed by atoms with E-state index in [1.54, 1.807) is 31.1 Å². The van der Waals surface area contributed by atoms with Crippen LogP contribution in [-0.2, 0) is 52.8 Å². The number of nitrogens with zero attached hydrogens (tertiary/aromatic N) is 7. The Morgan fingerprint density at radius 1 is 1.08 bits per heavy atom. The number of methoxy groups -OCH3 is 2. The zero-order valence-electron chi connectivity index (χ0n) is 46.1. The maximum Gasteiger partial charge on any atom is 0.298 e. The van der Waals surface area contributed by atoms with Gasteiger partial charge in [-0.3, -0.25) is 29.7 Å². The summed E-state index contributed by atoms with van der Waals surface area (Å²) in [6.45, 7) is 22.8. The SMILES string of the molecule is C=O.CCn1c(-c2cccnc2C(C)OC)c(CC(C)(C)COC)c2cc(-c3csc(CC(C=O)NC(=O)C(C(C)C)N4CCC(CCN(C)C(=O)C#CC(C)(C)N(C)C)C4=O)n3)ccc21.CN1CCCCN1. The fourth-order valence-electron chi connectivity index (χ4n) is 9.30. The third-order valence-electron chi connectivity index (χ3n) is 13.9. The van der Waals surface area contributed by atoms with Crippen molar-refractivity contribution < 1.29 is 33.4 Å². The second-order valence-electron chi connectivity index (χ2n) is 20.9. The first-order chi connectivity index (χ1) is 34.7. The van der Waals surface area contributed by atoms with Crippen LogP contribution < -0.4 is 10.7 Å². The number of likely N-dealkylation sites (tertiary alicyclic amines) is 1. The molecular formula is C56H83N9O7S. The summed E-state index contributed by atoms with van der Waals surface area (Å²) < 4.78 is 13.8. The molecule has 0 spiro atoms. The number of aldehydes is 1. The van der Waals surface area contributed by atoms with E-state index in [1.165, 1.54) is 36.3 Å². The van der Waals surface area contributed by atoms with E-state index in [0.717, 1.165) is 64.9 Å². The lowest BCUT2D eigenvalue weighted by atomic mass is 9.84. The van der Waals surface area contributed by atoms with Crippen LogP contribution in [0.15, 0.2) is 41.9 Å². The Hall–Kier alpha value is -5.35. The monoisotopic (exact) mass is 1030 g/mol. The highest BCUT2D eigenvalue weighted by Gasteiger charge is 2.41. The molecule has 0 radical (unpaired) electrons. The summed E-state index contributed by atoms with van der Waals surface area (Å²) in [7, 11) is 11.0. The van der Waals surface area contributed by atoms with Gasteiger partial charge in [-0.15, -0.1) is 11.3 Å². The number of pyridine rings is 1. The molecule has 6 rings (SSSR count). The first kappa shape index (κ1) is 60.2. The summed E-state index contributed by atoms with van der Waals surface area (Å²) in [5.41, 5.74) is 9.67. The van der Waals surface area contributed by atoms with Gasteiger partial charge in [0.25, 0.3) is 5.91 Å². The number of hydrazine groups is 1. The molecule has 16 nitrogen and oxygen atoms in total. The fourth-order valence-corrected chi connectivity index (χ4v) is 10.2. The molecule has 2 N–H and O–H groups in total. The van der Waals surface area contributed by atoms with Crippen LogP contribution in [0.3, 0.4) is 0 Å². The van der Waals surface area contributed by atoms with Gasteiger partial charge in [-0.1, -0.05) is 39.7 Å². The quantitative estimate of drug-likeness (QED) is 0.0682. The van der Waals surface area contributed by atoms with Gasteiger partial charge in [0, 0.05) is 107 Å². The average molecular weight is 1030 g/mol. The van der Waals surface area contributed by atoms with Crippen molar-refractivity contribution in [1.82, 2.24) is 45.0 Å². The van der Waals surface area contributed by atoms with Gasteiger partial charge < -0.3 is 38.7 Å². The minimum absolute atomic E-state index is 0.115. The Labute approximate surface area is 438 Å². The van der Waals surface area contributed by atoms with Gasteiger partial charge in [-0.25, -0.2) is 9.99 Å². The van der Waals surface area contributed by atoms with Crippen LogP contribution in [0.4, 0.5) is 0 Å². The number of aromatic nitrogens is 3. The lowest BCUT2D eigenvalue weighted by molar-refractivity contribution is -0.141. The Morgan fingerprint density at radius 3 is 2.40 bits per heavy atom. The van der Waals surface area contributed by atoms with Crippen LogP contribution in [-0.4, -0.2) is 158 Å². The second kappa shape index (κ2) is 27.8. The fraction of sp³-hybridized carbons (Fsp3) is 0.589. The van der Waals surface area contributed by atoms with Crippen molar-refractivity contribution in [3.63, 3.8) is 0 Å². The van der Waals surface area contributed by atoms with Gasteiger partial charge in [0.15, 0.2) is 0 Å². The normalized spacial score (nSPS) is 16.5. The van der Waals surface area contributed by atoms with Crippen LogP contribution in [0, 0.1) is 29.1 Å². The van der Waals surface area contributed by atoms with Crippen molar-refractivity contribution in [3.05, 3.63) is 58.2 Å². The number of aryl methyl sites for hydroxylation is 1. The molecule has 0 aliphatic carbocycles. The van der Waals surface area contributed by atoms with Crippen molar-refractivity contribution in [2.24, 2.45) is 17.3 Å². The number of fused-ring (bicyclic) bond motifs is 1. The Morgan fingerprint density at radius 2 is 1.81 bits per heavy atom. The zero-order chi connectivity index (χ0) is 54.2. The van der Waals surface area contributed by atoms with E-state index in [-0.39, 0.29) is 47.5 Å². The summed E-state index contributed by atoms with van der Waals surface area (Å²) >= 11 is 1.45. The maximum absolute atomic E-state index is 13.9. The molecule has 4 aromatic rings. The maximum atomic E-state index is 13.9. The number of carbonyl (C=O) groups is 5. The average Bonchev–Trinajstić information content (AvgIpc) is 4.07. The standard InChI is InChI=1S/C50H69N7O6S.C5H12N2.CH2O/c1-14-56-41-18-17-35(26-38(41)39(28-49(5,6)31-62-12)46(56)37-16-15-23-51-44(37)33(4)63-13)40-30-64-42(53-40)27-36(29-58)52-47(60)45(32(2)3)57-25-21-34(48(57)61)20-24-55(11)43(59)19-22-50(7,8)54(9)10;1-7-5-3-2-4-6-7;1-2/h15-18,23,26,29-30,32-34,36,45H,14,20-21,24-25,27-28,31H2,1-13H3,(H,52,60);6H,2-5H2,1H3;1H2. The number of benzene rings is 1. The van der Waals surface area contributed by atoms with E-state index < -0.39 is 17.6 Å². The van der Waals surface area contributed by atoms with Crippen LogP contribution >= 0.6 is 11.3 Å². The molecule has 3 amide bonds. The molecule has 4 unspecified atom stereocenters. The molecule has 3 aromatic heterocycles. The van der Waals surface area contributed by atoms with Crippen LogP contribution in [0.2, 0.25) is 0 Å². The molecule has 1 aromatic carbocycles. The van der Waals surface area contributed by atoms with E-state index in [1.807, 2.05) is 78.0 Å². The summed E-state index contributed by atoms with van der Waals surface area (Å²) in [6, 6.07) is 8.98. The van der Waals surface area contributed by atoms with Crippen LogP contribution in [0.25, 0.3) is 33.4 Å². The van der Waals surface area contributed by atoms with Crippen LogP contribution in [0.1, 0.15) is 103 Å². The Balaban J connectivity index is 0.00000117. The lowest BCUT2D eigenvalue weighted by Gasteiger charge is -2.31. The smallest absolute Gasteiger partial charge is 0.298 e. The number of nitrogens with one attached hydrogen (secondary N) is 2. The first-order valence-corrected chi connectivity index (χ1v) is 26.4. The van der Waals surface area contributed by atoms with Crippen molar-refractivity contribution >= 4 is 53.0 Å². The number of thiazole rings is 1. The molecule has 2 fully saturated rings. The van der Waals surface area contributed by atoms with Gasteiger partial charge >= 0.3 is 0 Å². The van der Waals surface area contributed by atoms with Gasteiger partial charge in [-0.2, -0.15) is 0 Å². The highest BCUT2D eigenvalue weighted by molar-refractivity contribution is 7.10. The third kappa shape index (κ3) is 15.8. The molecule has 17 heteroatoms. The van der Waals surface area contributed by atoms with Gasteiger partial charge in [0.1, 0.15) is 19.1 Å². The van der Waals surface area contributed by atoms with Crippen molar-refractivity contribution in [1.29, 1.82) is 0 Å². The molecule has 73 heavy (non-hydrogen) atoms. The van der Waals surface area contributed by atoms with E-state index in [4.69, 9.17) is 24.2 Å². The van der Waals surface area contributed by atoms with E-state index in [2.05, 4.69) is 84.2 Å². The van der Waals surface area contributed by atoms with Gasteiger partial charge in [0.05, 0.1) is 46.4 Å². The van der Waals surface area contributed by atoms with E-state index >= 15 is 0 Å². The highest BCUT2D eigenvalue weighted by Crippen LogP contribution is 2.42. The third-order valence-corrected chi connectivity index (χ3v) is 14.8. The number of hydrogen-bond acceptors (Lipinski definition) is 13. The molecule has 5 heterocycles. The molecule has 400 valence electrons. The first-order valence-electron chi connectivity index (χ1n) is 25.5. The lowest BCUT2D eigenvalue weighted by Crippen LogP contribution is -2.53. The number of rotatable bonds is 20. The summed E-state index contributed by atoms with van der Waals surface area (Å²) in [6.07, 6.45) is 7.06. The summed E-state index contributed by atoms with van der Waals surface area (Å²) in [5, 5.41) is 8.91. The van der Waals surface area contributed by atoms with Gasteiger partial charge in [0.2, 0.25) is 11.8 Å². The number of hydrogen-bond donors (Lipinski definition) is 2. The van der Waals surface area contributed by atoms with Crippen molar-refractivity contribution in [2.75, 3.05) is 75.2 Å². The minimum Gasteiger partial charge on any atom is -0.384 e. The molecule has 2 aliphatic heterocycles. The Kier molecular flexibility index (Phi) is 22.9. The molecular weight excluding hydrogens is 943 g/mol. The number of carbonyl (C=O) groups excluding carboxylic acids is 5. The molecule has 2 saturated heterocycles. The summed E-state index contributed by atoms with van der Waals surface area (Å²) in [5.74, 6) is 4.46. The Bertz CT molecular complexity index is 2520. The minimum atomic E-state index is -0.832. The topological polar surface area (TPSA) is 172 Å². The van der Waals surface area contributed by atoms with Crippen LogP contribution in [0.5, 0.6) is 0 Å². The van der Waals surface area contributed by atoms with Gasteiger partial charge in [-0.05, 0) is 121 Å².